The van der Waals surface area contributed by atoms with Crippen molar-refractivity contribution in [2.75, 3.05) is 11.9 Å². The molecule has 0 fully saturated rings. The van der Waals surface area contributed by atoms with Gasteiger partial charge in [0.05, 0.1) is 12.0 Å². The predicted molar refractivity (Wildman–Crippen MR) is 79.9 cm³/mol. The lowest BCUT2D eigenvalue weighted by atomic mass is 10.1. The third-order valence-electron chi connectivity index (χ3n) is 3.42. The van der Waals surface area contributed by atoms with Gasteiger partial charge in [0.1, 0.15) is 5.75 Å². The first-order valence-electron chi connectivity index (χ1n) is 7.05. The Bertz CT molecular complexity index is 694. The summed E-state index contributed by atoms with van der Waals surface area (Å²) in [6.07, 6.45) is 1.62. The Morgan fingerprint density at radius 3 is 3.00 bits per heavy atom. The van der Waals surface area contributed by atoms with E-state index in [1.807, 2.05) is 18.2 Å². The van der Waals surface area contributed by atoms with E-state index < -0.39 is 6.10 Å². The molecule has 0 saturated heterocycles. The number of hydrogen-bond acceptors (Lipinski definition) is 4. The van der Waals surface area contributed by atoms with Crippen LogP contribution in [0.15, 0.2) is 41.0 Å². The van der Waals surface area contributed by atoms with Crippen LogP contribution in [-0.2, 0) is 11.2 Å². The Balaban J connectivity index is 1.59. The number of rotatable bonds is 4. The summed E-state index contributed by atoms with van der Waals surface area (Å²) in [4.78, 5) is 23.3. The van der Waals surface area contributed by atoms with E-state index in [9.17, 15) is 9.59 Å². The molecule has 2 aromatic rings. The summed E-state index contributed by atoms with van der Waals surface area (Å²) in [5.41, 5.74) is 1.66. The molecule has 0 radical (unpaired) electrons. The number of amides is 2. The first-order valence-corrected chi connectivity index (χ1v) is 7.05. The molecular formula is C16H16N2O4. The van der Waals surface area contributed by atoms with Gasteiger partial charge in [-0.15, -0.1) is 0 Å². The molecule has 6 nitrogen and oxygen atoms in total. The molecule has 0 bridgehead atoms. The Hall–Kier alpha value is -2.76. The lowest BCUT2D eigenvalue weighted by Crippen LogP contribution is -2.34. The minimum Gasteiger partial charge on any atom is -0.479 e. The number of benzene rings is 1. The topological polar surface area (TPSA) is 80.6 Å². The van der Waals surface area contributed by atoms with Gasteiger partial charge in [0.15, 0.2) is 11.9 Å². The van der Waals surface area contributed by atoms with Crippen molar-refractivity contribution in [1.29, 1.82) is 0 Å². The summed E-state index contributed by atoms with van der Waals surface area (Å²) < 4.78 is 10.5. The van der Waals surface area contributed by atoms with Crippen molar-refractivity contribution < 1.29 is 18.7 Å². The zero-order valence-corrected chi connectivity index (χ0v) is 12.1. The molecule has 0 saturated carbocycles. The van der Waals surface area contributed by atoms with E-state index in [1.54, 1.807) is 19.1 Å². The molecule has 1 aromatic heterocycles. The third kappa shape index (κ3) is 2.95. The highest BCUT2D eigenvalue weighted by atomic mass is 16.5. The maximum Gasteiger partial charge on any atom is 0.286 e. The number of fused-ring (bicyclic) bond motifs is 1. The average molecular weight is 300 g/mol. The zero-order chi connectivity index (χ0) is 15.5. The number of nitrogens with one attached hydrogen (secondary N) is 2. The van der Waals surface area contributed by atoms with Crippen LogP contribution in [0.3, 0.4) is 0 Å². The predicted octanol–water partition coefficient (Wildman–Crippen LogP) is 1.97. The molecule has 6 heteroatoms. The number of ether oxygens (including phenoxy) is 1. The third-order valence-corrected chi connectivity index (χ3v) is 3.42. The lowest BCUT2D eigenvalue weighted by molar-refractivity contribution is -0.122. The Morgan fingerprint density at radius 1 is 1.36 bits per heavy atom. The molecule has 2 amide bonds. The molecule has 0 aliphatic carbocycles. The standard InChI is InChI=1S/C16H16N2O4/c1-10-15(19)18-12-9-11(4-5-13(12)22-10)6-7-17-16(20)14-3-2-8-21-14/h2-5,8-10H,6-7H2,1H3,(H,17,20)(H,18,19). The molecule has 3 rings (SSSR count). The van der Waals surface area contributed by atoms with Gasteiger partial charge in [-0.05, 0) is 43.2 Å². The fraction of sp³-hybridized carbons (Fsp3) is 0.250. The molecule has 1 aromatic carbocycles. The van der Waals surface area contributed by atoms with Gasteiger partial charge in [0.25, 0.3) is 11.8 Å². The van der Waals surface area contributed by atoms with Gasteiger partial charge < -0.3 is 19.8 Å². The van der Waals surface area contributed by atoms with Crippen LogP contribution >= 0.6 is 0 Å². The molecule has 2 N–H and O–H groups in total. The van der Waals surface area contributed by atoms with Gasteiger partial charge in [0, 0.05) is 6.54 Å². The second-order valence-corrected chi connectivity index (χ2v) is 5.06. The summed E-state index contributed by atoms with van der Waals surface area (Å²) in [6.45, 7) is 2.18. The molecule has 1 unspecified atom stereocenters. The van der Waals surface area contributed by atoms with E-state index in [2.05, 4.69) is 10.6 Å². The first kappa shape index (κ1) is 14.2. The van der Waals surface area contributed by atoms with Crippen LogP contribution in [0, 0.1) is 0 Å². The summed E-state index contributed by atoms with van der Waals surface area (Å²) in [5.74, 6) is 0.555. The smallest absolute Gasteiger partial charge is 0.286 e. The van der Waals surface area contributed by atoms with Crippen molar-refractivity contribution in [2.45, 2.75) is 19.4 Å². The van der Waals surface area contributed by atoms with Crippen LogP contribution in [0.25, 0.3) is 0 Å². The van der Waals surface area contributed by atoms with Crippen LogP contribution in [0.4, 0.5) is 5.69 Å². The molecule has 0 spiro atoms. The molecule has 1 aliphatic heterocycles. The fourth-order valence-electron chi connectivity index (χ4n) is 2.23. The summed E-state index contributed by atoms with van der Waals surface area (Å²) in [5, 5.41) is 5.58. The lowest BCUT2D eigenvalue weighted by Gasteiger charge is -2.23. The molecule has 1 aliphatic rings. The molecule has 114 valence electrons. The highest BCUT2D eigenvalue weighted by Crippen LogP contribution is 2.30. The van der Waals surface area contributed by atoms with Crippen LogP contribution in [0.5, 0.6) is 5.75 Å². The van der Waals surface area contributed by atoms with Crippen molar-refractivity contribution in [3.63, 3.8) is 0 Å². The molecule has 2 heterocycles. The quantitative estimate of drug-likeness (QED) is 0.904. The Labute approximate surface area is 127 Å². The summed E-state index contributed by atoms with van der Waals surface area (Å²) in [7, 11) is 0. The highest BCUT2D eigenvalue weighted by molar-refractivity contribution is 5.97. The van der Waals surface area contributed by atoms with Gasteiger partial charge in [-0.3, -0.25) is 9.59 Å². The van der Waals surface area contributed by atoms with Gasteiger partial charge in [-0.25, -0.2) is 0 Å². The molecule has 22 heavy (non-hydrogen) atoms. The summed E-state index contributed by atoms with van der Waals surface area (Å²) >= 11 is 0. The van der Waals surface area contributed by atoms with Crippen molar-refractivity contribution in [3.8, 4) is 5.75 Å². The second kappa shape index (κ2) is 5.93. The number of anilines is 1. The van der Waals surface area contributed by atoms with Gasteiger partial charge in [0.2, 0.25) is 0 Å². The highest BCUT2D eigenvalue weighted by Gasteiger charge is 2.23. The SMILES string of the molecule is CC1Oc2ccc(CCNC(=O)c3ccco3)cc2NC1=O. The molecule has 1 atom stereocenters. The average Bonchev–Trinajstić information content (AvgIpc) is 3.03. The van der Waals surface area contributed by atoms with E-state index in [1.165, 1.54) is 6.26 Å². The normalized spacial score (nSPS) is 16.4. The van der Waals surface area contributed by atoms with E-state index in [4.69, 9.17) is 9.15 Å². The maximum atomic E-state index is 11.7. The largest absolute Gasteiger partial charge is 0.479 e. The summed E-state index contributed by atoms with van der Waals surface area (Å²) in [6, 6.07) is 8.89. The van der Waals surface area contributed by atoms with Crippen molar-refractivity contribution >= 4 is 17.5 Å². The van der Waals surface area contributed by atoms with Crippen molar-refractivity contribution in [3.05, 3.63) is 47.9 Å². The minimum atomic E-state index is -0.481. The molecular weight excluding hydrogens is 284 g/mol. The number of furan rings is 1. The Kier molecular flexibility index (Phi) is 3.82. The number of hydrogen-bond donors (Lipinski definition) is 2. The van der Waals surface area contributed by atoms with E-state index in [0.717, 1.165) is 5.56 Å². The zero-order valence-electron chi connectivity index (χ0n) is 12.1. The van der Waals surface area contributed by atoms with Crippen molar-refractivity contribution in [2.24, 2.45) is 0 Å². The fourth-order valence-corrected chi connectivity index (χ4v) is 2.23. The minimum absolute atomic E-state index is 0.157. The van der Waals surface area contributed by atoms with Gasteiger partial charge in [-0.2, -0.15) is 0 Å². The number of carbonyl (C=O) groups excluding carboxylic acids is 2. The maximum absolute atomic E-state index is 11.7. The van der Waals surface area contributed by atoms with Crippen LogP contribution < -0.4 is 15.4 Å². The first-order chi connectivity index (χ1) is 10.6. The number of carbonyl (C=O) groups is 2. The van der Waals surface area contributed by atoms with Crippen LogP contribution in [0.1, 0.15) is 23.0 Å². The van der Waals surface area contributed by atoms with Crippen LogP contribution in [0.2, 0.25) is 0 Å². The van der Waals surface area contributed by atoms with E-state index in [0.29, 0.717) is 30.2 Å². The van der Waals surface area contributed by atoms with Crippen molar-refractivity contribution in [1.82, 2.24) is 5.32 Å². The monoisotopic (exact) mass is 300 g/mol. The van der Waals surface area contributed by atoms with Gasteiger partial charge >= 0.3 is 0 Å². The second-order valence-electron chi connectivity index (χ2n) is 5.06. The van der Waals surface area contributed by atoms with Gasteiger partial charge in [-0.1, -0.05) is 6.07 Å². The van der Waals surface area contributed by atoms with Crippen LogP contribution in [-0.4, -0.2) is 24.5 Å². The van der Waals surface area contributed by atoms with E-state index in [-0.39, 0.29) is 11.8 Å². The Morgan fingerprint density at radius 2 is 2.23 bits per heavy atom. The van der Waals surface area contributed by atoms with E-state index >= 15 is 0 Å².